The fourth-order valence-corrected chi connectivity index (χ4v) is 3.18. The lowest BCUT2D eigenvalue weighted by atomic mass is 10.0. The predicted molar refractivity (Wildman–Crippen MR) is 82.5 cm³/mol. The minimum absolute atomic E-state index is 0.0137. The number of carbonyl (C=O) groups is 2. The highest BCUT2D eigenvalue weighted by Gasteiger charge is 2.31. The van der Waals surface area contributed by atoms with E-state index in [0.717, 1.165) is 38.2 Å². The molecule has 3 rings (SSSR count). The monoisotopic (exact) mass is 302 g/mol. The Labute approximate surface area is 130 Å². The van der Waals surface area contributed by atoms with E-state index in [0.29, 0.717) is 18.7 Å². The second kappa shape index (κ2) is 6.44. The minimum atomic E-state index is 0.0137. The summed E-state index contributed by atoms with van der Waals surface area (Å²) in [6, 6.07) is 3.82. The van der Waals surface area contributed by atoms with Crippen LogP contribution >= 0.6 is 0 Å². The molecule has 1 unspecified atom stereocenters. The number of pyridine rings is 1. The number of hydrogen-bond donors (Lipinski definition) is 1. The molecular formula is C16H22N4O2. The quantitative estimate of drug-likeness (QED) is 0.860. The number of hydrogen-bond acceptors (Lipinski definition) is 4. The van der Waals surface area contributed by atoms with E-state index in [1.54, 1.807) is 6.20 Å². The Kier molecular flexibility index (Phi) is 4.38. The van der Waals surface area contributed by atoms with Gasteiger partial charge >= 0.3 is 0 Å². The Morgan fingerprint density at radius 1 is 1.36 bits per heavy atom. The normalized spacial score (nSPS) is 22.8. The lowest BCUT2D eigenvalue weighted by Gasteiger charge is -2.41. The Balaban J connectivity index is 1.68. The van der Waals surface area contributed by atoms with Crippen LogP contribution in [0.1, 0.15) is 28.9 Å². The molecule has 0 spiro atoms. The molecule has 6 nitrogen and oxygen atoms in total. The molecule has 1 N–H and O–H groups in total. The van der Waals surface area contributed by atoms with Crippen molar-refractivity contribution in [1.82, 2.24) is 20.1 Å². The van der Waals surface area contributed by atoms with Crippen LogP contribution in [-0.2, 0) is 4.79 Å². The summed E-state index contributed by atoms with van der Waals surface area (Å²) in [7, 11) is 0. The highest BCUT2D eigenvalue weighted by Crippen LogP contribution is 2.19. The molecule has 2 fully saturated rings. The average molecular weight is 302 g/mol. The number of nitrogens with one attached hydrogen (secondary N) is 1. The first-order valence-electron chi connectivity index (χ1n) is 7.87. The number of amides is 2. The third-order valence-electron chi connectivity index (χ3n) is 4.41. The van der Waals surface area contributed by atoms with Crippen molar-refractivity contribution in [3.05, 3.63) is 29.6 Å². The van der Waals surface area contributed by atoms with Crippen LogP contribution < -0.4 is 5.32 Å². The first-order valence-corrected chi connectivity index (χ1v) is 7.87. The zero-order valence-corrected chi connectivity index (χ0v) is 12.9. The molecule has 0 radical (unpaired) electrons. The van der Waals surface area contributed by atoms with Gasteiger partial charge in [0.05, 0.1) is 12.1 Å². The van der Waals surface area contributed by atoms with Crippen molar-refractivity contribution >= 4 is 11.8 Å². The van der Waals surface area contributed by atoms with E-state index in [2.05, 4.69) is 10.3 Å². The largest absolute Gasteiger partial charge is 0.337 e. The molecule has 0 bridgehead atoms. The minimum Gasteiger partial charge on any atom is -0.337 e. The standard InChI is InChI=1S/C16H22N4O2/c1-12-4-5-13(9-18-12)16(22)19-7-2-3-14(11-19)20-8-6-17-10-15(20)21/h4-5,9,14,17H,2-3,6-8,10-11H2,1H3. The third-order valence-corrected chi connectivity index (χ3v) is 4.41. The van der Waals surface area contributed by atoms with Gasteiger partial charge in [0.25, 0.3) is 5.91 Å². The maximum atomic E-state index is 12.6. The van der Waals surface area contributed by atoms with Crippen molar-refractivity contribution in [3.8, 4) is 0 Å². The zero-order valence-electron chi connectivity index (χ0n) is 12.9. The summed E-state index contributed by atoms with van der Waals surface area (Å²) in [5, 5.41) is 3.09. The second-order valence-corrected chi connectivity index (χ2v) is 6.00. The number of likely N-dealkylation sites (tertiary alicyclic amines) is 1. The summed E-state index contributed by atoms with van der Waals surface area (Å²) in [6.07, 6.45) is 3.55. The fraction of sp³-hybridized carbons (Fsp3) is 0.562. The molecule has 1 aromatic rings. The van der Waals surface area contributed by atoms with E-state index < -0.39 is 0 Å². The topological polar surface area (TPSA) is 65.5 Å². The molecule has 2 saturated heterocycles. The molecule has 1 atom stereocenters. The van der Waals surface area contributed by atoms with Gasteiger partial charge in [-0.25, -0.2) is 0 Å². The average Bonchev–Trinajstić information content (AvgIpc) is 2.55. The number of piperazine rings is 1. The van der Waals surface area contributed by atoms with Crippen LogP contribution in [-0.4, -0.2) is 65.4 Å². The Morgan fingerprint density at radius 3 is 2.95 bits per heavy atom. The lowest BCUT2D eigenvalue weighted by Crippen LogP contribution is -2.57. The van der Waals surface area contributed by atoms with Gasteiger partial charge in [0.2, 0.25) is 5.91 Å². The van der Waals surface area contributed by atoms with Crippen LogP contribution in [0.2, 0.25) is 0 Å². The van der Waals surface area contributed by atoms with Crippen LogP contribution in [0.15, 0.2) is 18.3 Å². The van der Waals surface area contributed by atoms with Crippen LogP contribution in [0.4, 0.5) is 0 Å². The zero-order chi connectivity index (χ0) is 15.5. The predicted octanol–water partition coefficient (Wildman–Crippen LogP) is 0.426. The summed E-state index contributed by atoms with van der Waals surface area (Å²) in [6.45, 7) is 5.26. The van der Waals surface area contributed by atoms with Gasteiger partial charge in [-0.1, -0.05) is 0 Å². The van der Waals surface area contributed by atoms with Crippen molar-refractivity contribution in [2.24, 2.45) is 0 Å². The van der Waals surface area contributed by atoms with Crippen LogP contribution in [0.5, 0.6) is 0 Å². The number of piperidine rings is 1. The smallest absolute Gasteiger partial charge is 0.255 e. The summed E-state index contributed by atoms with van der Waals surface area (Å²) < 4.78 is 0. The molecular weight excluding hydrogens is 280 g/mol. The number of nitrogens with zero attached hydrogens (tertiary/aromatic N) is 3. The summed E-state index contributed by atoms with van der Waals surface area (Å²) in [5.41, 5.74) is 1.53. The Bertz CT molecular complexity index is 558. The van der Waals surface area contributed by atoms with Crippen molar-refractivity contribution in [2.45, 2.75) is 25.8 Å². The van der Waals surface area contributed by atoms with Gasteiger partial charge in [-0.05, 0) is 31.9 Å². The molecule has 3 heterocycles. The molecule has 2 aliphatic heterocycles. The van der Waals surface area contributed by atoms with E-state index >= 15 is 0 Å². The molecule has 0 aromatic carbocycles. The molecule has 22 heavy (non-hydrogen) atoms. The van der Waals surface area contributed by atoms with Gasteiger partial charge < -0.3 is 15.1 Å². The van der Waals surface area contributed by atoms with E-state index in [9.17, 15) is 9.59 Å². The first-order chi connectivity index (χ1) is 10.6. The summed E-state index contributed by atoms with van der Waals surface area (Å²) in [5.74, 6) is 0.155. The van der Waals surface area contributed by atoms with Crippen molar-refractivity contribution in [1.29, 1.82) is 0 Å². The molecule has 1 aromatic heterocycles. The highest BCUT2D eigenvalue weighted by molar-refractivity contribution is 5.94. The highest BCUT2D eigenvalue weighted by atomic mass is 16.2. The molecule has 118 valence electrons. The second-order valence-electron chi connectivity index (χ2n) is 6.00. The first kappa shape index (κ1) is 15.0. The molecule has 2 amide bonds. The summed E-state index contributed by atoms with van der Waals surface area (Å²) >= 11 is 0. The van der Waals surface area contributed by atoms with Gasteiger partial charge in [0.1, 0.15) is 0 Å². The maximum Gasteiger partial charge on any atom is 0.255 e. The van der Waals surface area contributed by atoms with E-state index in [4.69, 9.17) is 0 Å². The fourth-order valence-electron chi connectivity index (χ4n) is 3.18. The number of rotatable bonds is 2. The Hall–Kier alpha value is -1.95. The van der Waals surface area contributed by atoms with Gasteiger partial charge in [0.15, 0.2) is 0 Å². The van der Waals surface area contributed by atoms with Gasteiger partial charge in [-0.3, -0.25) is 14.6 Å². The van der Waals surface area contributed by atoms with Crippen molar-refractivity contribution < 1.29 is 9.59 Å². The van der Waals surface area contributed by atoms with Crippen molar-refractivity contribution in [2.75, 3.05) is 32.7 Å². The van der Waals surface area contributed by atoms with Crippen LogP contribution in [0, 0.1) is 6.92 Å². The summed E-state index contributed by atoms with van der Waals surface area (Å²) in [4.78, 5) is 32.6. The van der Waals surface area contributed by atoms with Gasteiger partial charge in [0, 0.05) is 44.1 Å². The number of carbonyl (C=O) groups excluding carboxylic acids is 2. The number of aryl methyl sites for hydroxylation is 1. The van der Waals surface area contributed by atoms with Crippen LogP contribution in [0.3, 0.4) is 0 Å². The Morgan fingerprint density at radius 2 is 2.23 bits per heavy atom. The van der Waals surface area contributed by atoms with E-state index in [1.165, 1.54) is 0 Å². The maximum absolute atomic E-state index is 12.6. The molecule has 0 saturated carbocycles. The molecule has 6 heteroatoms. The van der Waals surface area contributed by atoms with Crippen molar-refractivity contribution in [3.63, 3.8) is 0 Å². The van der Waals surface area contributed by atoms with Crippen LogP contribution in [0.25, 0.3) is 0 Å². The van der Waals surface area contributed by atoms with E-state index in [1.807, 2.05) is 28.9 Å². The molecule has 2 aliphatic rings. The molecule has 0 aliphatic carbocycles. The number of aromatic nitrogens is 1. The third kappa shape index (κ3) is 3.11. The van der Waals surface area contributed by atoms with Gasteiger partial charge in [-0.15, -0.1) is 0 Å². The van der Waals surface area contributed by atoms with Gasteiger partial charge in [-0.2, -0.15) is 0 Å². The van der Waals surface area contributed by atoms with E-state index in [-0.39, 0.29) is 17.9 Å². The SMILES string of the molecule is Cc1ccc(C(=O)N2CCCC(N3CCNCC3=O)C2)cn1. The lowest BCUT2D eigenvalue weighted by molar-refractivity contribution is -0.135.